The van der Waals surface area contributed by atoms with E-state index >= 15 is 0 Å². The average Bonchev–Trinajstić information content (AvgIpc) is 3.25. The van der Waals surface area contributed by atoms with E-state index in [1.807, 2.05) is 0 Å². The highest BCUT2D eigenvalue weighted by molar-refractivity contribution is 6.31. The van der Waals surface area contributed by atoms with Gasteiger partial charge in [-0.2, -0.15) is 0 Å². The molecule has 0 unspecified atom stereocenters. The highest BCUT2D eigenvalue weighted by Gasteiger charge is 2.38. The number of amides is 3. The number of nitrogens with zero attached hydrogens (tertiary/aromatic N) is 2. The first-order valence-electron chi connectivity index (χ1n) is 8.54. The molecule has 0 N–H and O–H groups in total. The standard InChI is InChI=1S/C18H19ClN2O6/c1-26-14-5-4-12(19)8-13(14)21-9-11(7-16(21)23)18(25)27-10-17(24)20-6-2-3-15(20)22/h4-5,8,11H,2-3,6-7,9-10H2,1H3/t11-/m1/s1. The first-order valence-corrected chi connectivity index (χ1v) is 8.92. The van der Waals surface area contributed by atoms with Crippen molar-refractivity contribution in [3.63, 3.8) is 0 Å². The highest BCUT2D eigenvalue weighted by Crippen LogP contribution is 2.35. The molecule has 0 aliphatic carbocycles. The number of imide groups is 1. The van der Waals surface area contributed by atoms with Crippen molar-refractivity contribution in [1.29, 1.82) is 0 Å². The van der Waals surface area contributed by atoms with E-state index in [1.165, 1.54) is 12.0 Å². The zero-order chi connectivity index (χ0) is 19.6. The number of hydrogen-bond acceptors (Lipinski definition) is 6. The van der Waals surface area contributed by atoms with E-state index in [2.05, 4.69) is 0 Å². The Morgan fingerprint density at radius 3 is 2.70 bits per heavy atom. The molecule has 0 spiro atoms. The minimum Gasteiger partial charge on any atom is -0.495 e. The van der Waals surface area contributed by atoms with Crippen molar-refractivity contribution in [2.45, 2.75) is 19.3 Å². The van der Waals surface area contributed by atoms with Crippen LogP contribution in [0.4, 0.5) is 5.69 Å². The summed E-state index contributed by atoms with van der Waals surface area (Å²) < 4.78 is 10.3. The van der Waals surface area contributed by atoms with Gasteiger partial charge < -0.3 is 14.4 Å². The van der Waals surface area contributed by atoms with Crippen LogP contribution in [-0.4, -0.2) is 55.4 Å². The molecule has 3 rings (SSSR count). The molecule has 1 aromatic rings. The molecule has 0 radical (unpaired) electrons. The number of ether oxygens (including phenoxy) is 2. The lowest BCUT2D eigenvalue weighted by atomic mass is 10.1. The molecule has 27 heavy (non-hydrogen) atoms. The molecule has 3 amide bonds. The quantitative estimate of drug-likeness (QED) is 0.701. The molecule has 8 nitrogen and oxygen atoms in total. The Morgan fingerprint density at radius 1 is 1.26 bits per heavy atom. The SMILES string of the molecule is COc1ccc(Cl)cc1N1C[C@H](C(=O)OCC(=O)N2CCCC2=O)CC1=O. The summed E-state index contributed by atoms with van der Waals surface area (Å²) in [5.74, 6) is -1.95. The molecular weight excluding hydrogens is 376 g/mol. The maximum absolute atomic E-state index is 12.4. The molecule has 9 heteroatoms. The largest absolute Gasteiger partial charge is 0.495 e. The number of methoxy groups -OCH3 is 1. The predicted molar refractivity (Wildman–Crippen MR) is 95.4 cm³/mol. The van der Waals surface area contributed by atoms with Crippen LogP contribution in [0.25, 0.3) is 0 Å². The molecule has 0 aromatic heterocycles. The third kappa shape index (κ3) is 4.05. The molecule has 2 heterocycles. The Bertz CT molecular complexity index is 796. The number of esters is 1. The summed E-state index contributed by atoms with van der Waals surface area (Å²) in [4.78, 5) is 50.7. The number of anilines is 1. The lowest BCUT2D eigenvalue weighted by molar-refractivity contribution is -0.157. The molecule has 144 valence electrons. The number of likely N-dealkylation sites (tertiary alicyclic amines) is 1. The molecule has 0 saturated carbocycles. The number of carbonyl (C=O) groups is 4. The first-order chi connectivity index (χ1) is 12.9. The molecule has 1 atom stereocenters. The van der Waals surface area contributed by atoms with Crippen LogP contribution < -0.4 is 9.64 Å². The Balaban J connectivity index is 1.61. The Kier molecular flexibility index (Phi) is 5.65. The van der Waals surface area contributed by atoms with Crippen molar-refractivity contribution in [1.82, 2.24) is 4.90 Å². The molecule has 2 aliphatic rings. The minimum absolute atomic E-state index is 0.0364. The van der Waals surface area contributed by atoms with E-state index < -0.39 is 24.4 Å². The third-order valence-electron chi connectivity index (χ3n) is 4.60. The second kappa shape index (κ2) is 7.96. The summed E-state index contributed by atoms with van der Waals surface area (Å²) in [5.41, 5.74) is 0.476. The van der Waals surface area contributed by atoms with Gasteiger partial charge >= 0.3 is 5.97 Å². The van der Waals surface area contributed by atoms with Gasteiger partial charge in [-0.25, -0.2) is 0 Å². The van der Waals surface area contributed by atoms with Gasteiger partial charge in [0.15, 0.2) is 6.61 Å². The second-order valence-electron chi connectivity index (χ2n) is 6.37. The maximum atomic E-state index is 12.4. The van der Waals surface area contributed by atoms with Crippen LogP contribution in [0.1, 0.15) is 19.3 Å². The molecular formula is C18H19ClN2O6. The van der Waals surface area contributed by atoms with Gasteiger partial charge in [-0.15, -0.1) is 0 Å². The Morgan fingerprint density at radius 2 is 2.04 bits per heavy atom. The predicted octanol–water partition coefficient (Wildman–Crippen LogP) is 1.39. The number of benzene rings is 1. The van der Waals surface area contributed by atoms with Crippen LogP contribution in [0.2, 0.25) is 5.02 Å². The van der Waals surface area contributed by atoms with E-state index in [0.717, 1.165) is 4.90 Å². The van der Waals surface area contributed by atoms with Gasteiger partial charge in [0.2, 0.25) is 11.8 Å². The van der Waals surface area contributed by atoms with Crippen LogP contribution in [0, 0.1) is 5.92 Å². The van der Waals surface area contributed by atoms with Gasteiger partial charge in [0.1, 0.15) is 5.75 Å². The highest BCUT2D eigenvalue weighted by atomic mass is 35.5. The van der Waals surface area contributed by atoms with E-state index in [1.54, 1.807) is 18.2 Å². The lowest BCUT2D eigenvalue weighted by Crippen LogP contribution is -2.36. The zero-order valence-corrected chi connectivity index (χ0v) is 15.5. The molecule has 2 saturated heterocycles. The summed E-state index contributed by atoms with van der Waals surface area (Å²) in [7, 11) is 1.48. The Labute approximate surface area is 160 Å². The Hall–Kier alpha value is -2.61. The fourth-order valence-corrected chi connectivity index (χ4v) is 3.38. The monoisotopic (exact) mass is 394 g/mol. The van der Waals surface area contributed by atoms with Crippen molar-refractivity contribution in [3.8, 4) is 5.75 Å². The van der Waals surface area contributed by atoms with Gasteiger partial charge in [0, 0.05) is 31.0 Å². The molecule has 1 aromatic carbocycles. The summed E-state index contributed by atoms with van der Waals surface area (Å²) in [6, 6.07) is 4.87. The number of rotatable bonds is 5. The van der Waals surface area contributed by atoms with Crippen LogP contribution in [0.15, 0.2) is 18.2 Å². The summed E-state index contributed by atoms with van der Waals surface area (Å²) in [6.07, 6.45) is 0.907. The molecule has 0 bridgehead atoms. The van der Waals surface area contributed by atoms with Gasteiger partial charge in [-0.1, -0.05) is 11.6 Å². The number of hydrogen-bond donors (Lipinski definition) is 0. The summed E-state index contributed by atoms with van der Waals surface area (Å²) in [6.45, 7) is -0.0551. The van der Waals surface area contributed by atoms with Crippen LogP contribution in [-0.2, 0) is 23.9 Å². The number of halogens is 1. The van der Waals surface area contributed by atoms with E-state index in [4.69, 9.17) is 21.1 Å². The van der Waals surface area contributed by atoms with Gasteiger partial charge in [0.05, 0.1) is 18.7 Å². The van der Waals surface area contributed by atoms with Crippen molar-refractivity contribution in [2.75, 3.05) is 31.7 Å². The van der Waals surface area contributed by atoms with Gasteiger partial charge in [-0.05, 0) is 24.6 Å². The van der Waals surface area contributed by atoms with E-state index in [0.29, 0.717) is 35.8 Å². The third-order valence-corrected chi connectivity index (χ3v) is 4.84. The molecule has 2 fully saturated rings. The maximum Gasteiger partial charge on any atom is 0.311 e. The summed E-state index contributed by atoms with van der Waals surface area (Å²) in [5, 5.41) is 0.436. The summed E-state index contributed by atoms with van der Waals surface area (Å²) >= 11 is 6.00. The van der Waals surface area contributed by atoms with Gasteiger partial charge in [0.25, 0.3) is 5.91 Å². The van der Waals surface area contributed by atoms with Crippen LogP contribution >= 0.6 is 11.6 Å². The van der Waals surface area contributed by atoms with Crippen LogP contribution in [0.3, 0.4) is 0 Å². The van der Waals surface area contributed by atoms with Crippen LogP contribution in [0.5, 0.6) is 5.75 Å². The van der Waals surface area contributed by atoms with Gasteiger partial charge in [-0.3, -0.25) is 24.1 Å². The smallest absolute Gasteiger partial charge is 0.311 e. The lowest BCUT2D eigenvalue weighted by Gasteiger charge is -2.20. The topological polar surface area (TPSA) is 93.2 Å². The fraction of sp³-hybridized carbons (Fsp3) is 0.444. The fourth-order valence-electron chi connectivity index (χ4n) is 3.21. The van der Waals surface area contributed by atoms with Crippen molar-refractivity contribution in [2.24, 2.45) is 5.92 Å². The normalized spacial score (nSPS) is 19.6. The minimum atomic E-state index is -0.705. The van der Waals surface area contributed by atoms with Crippen molar-refractivity contribution in [3.05, 3.63) is 23.2 Å². The van der Waals surface area contributed by atoms with E-state index in [9.17, 15) is 19.2 Å². The van der Waals surface area contributed by atoms with Crippen molar-refractivity contribution >= 4 is 41.0 Å². The first kappa shape index (κ1) is 19.2. The van der Waals surface area contributed by atoms with Crippen molar-refractivity contribution < 1.29 is 28.7 Å². The zero-order valence-electron chi connectivity index (χ0n) is 14.8. The van der Waals surface area contributed by atoms with E-state index in [-0.39, 0.29) is 24.8 Å². The second-order valence-corrected chi connectivity index (χ2v) is 6.81. The molecule has 2 aliphatic heterocycles. The average molecular weight is 395 g/mol. The number of carbonyl (C=O) groups excluding carboxylic acids is 4.